The molecule has 0 bridgehead atoms. The van der Waals surface area contributed by atoms with Crippen LogP contribution in [0.5, 0.6) is 5.75 Å². The van der Waals surface area contributed by atoms with Crippen molar-refractivity contribution in [1.82, 2.24) is 4.98 Å². The van der Waals surface area contributed by atoms with Crippen molar-refractivity contribution in [1.29, 1.82) is 0 Å². The SMILES string of the molecule is Cc1cccc(OCC(=O)N(Cc2ccccc2)c2nc3cc(C)cc(C)c3s2)c1. The summed E-state index contributed by atoms with van der Waals surface area (Å²) in [5.41, 5.74) is 5.42. The molecule has 0 saturated heterocycles. The first-order chi connectivity index (χ1) is 14.5. The number of hydrogen-bond donors (Lipinski definition) is 0. The first kappa shape index (κ1) is 20.1. The number of fused-ring (bicyclic) bond motifs is 1. The van der Waals surface area contributed by atoms with E-state index >= 15 is 0 Å². The molecule has 0 aliphatic rings. The summed E-state index contributed by atoms with van der Waals surface area (Å²) in [5, 5.41) is 0.695. The first-order valence-electron chi connectivity index (χ1n) is 9.91. The summed E-state index contributed by atoms with van der Waals surface area (Å²) in [4.78, 5) is 19.7. The van der Waals surface area contributed by atoms with Crippen LogP contribution in [0.3, 0.4) is 0 Å². The number of nitrogens with zero attached hydrogens (tertiary/aromatic N) is 2. The Balaban J connectivity index is 1.64. The lowest BCUT2D eigenvalue weighted by atomic mass is 10.1. The maximum Gasteiger partial charge on any atom is 0.267 e. The van der Waals surface area contributed by atoms with Gasteiger partial charge in [-0.2, -0.15) is 0 Å². The number of thiazole rings is 1. The second-order valence-electron chi connectivity index (χ2n) is 7.50. The molecule has 0 aliphatic carbocycles. The van der Waals surface area contributed by atoms with Crippen molar-refractivity contribution in [3.05, 3.63) is 89.0 Å². The number of aromatic nitrogens is 1. The largest absolute Gasteiger partial charge is 0.484 e. The summed E-state index contributed by atoms with van der Waals surface area (Å²) in [7, 11) is 0. The fourth-order valence-electron chi connectivity index (χ4n) is 3.44. The van der Waals surface area contributed by atoms with Gasteiger partial charge < -0.3 is 4.74 Å². The van der Waals surface area contributed by atoms with Gasteiger partial charge in [0.15, 0.2) is 11.7 Å². The Morgan fingerprint density at radius 2 is 1.77 bits per heavy atom. The molecule has 5 heteroatoms. The molecule has 4 nitrogen and oxygen atoms in total. The van der Waals surface area contributed by atoms with Crippen molar-refractivity contribution in [3.63, 3.8) is 0 Å². The predicted octanol–water partition coefficient (Wildman–Crippen LogP) is 5.83. The molecule has 0 N–H and O–H groups in total. The highest BCUT2D eigenvalue weighted by atomic mass is 32.1. The molecule has 0 aliphatic heterocycles. The molecule has 30 heavy (non-hydrogen) atoms. The van der Waals surface area contributed by atoms with Crippen molar-refractivity contribution < 1.29 is 9.53 Å². The van der Waals surface area contributed by atoms with Crippen LogP contribution in [0.15, 0.2) is 66.7 Å². The fraction of sp³-hybridized carbons (Fsp3) is 0.200. The van der Waals surface area contributed by atoms with Crippen molar-refractivity contribution in [3.8, 4) is 5.75 Å². The van der Waals surface area contributed by atoms with E-state index in [0.717, 1.165) is 21.3 Å². The third-order valence-electron chi connectivity index (χ3n) is 4.88. The monoisotopic (exact) mass is 416 g/mol. The van der Waals surface area contributed by atoms with Crippen LogP contribution >= 0.6 is 11.3 Å². The molecule has 1 amide bonds. The van der Waals surface area contributed by atoms with Crippen LogP contribution in [0.4, 0.5) is 5.13 Å². The van der Waals surface area contributed by atoms with E-state index in [1.165, 1.54) is 11.1 Å². The maximum atomic E-state index is 13.2. The average molecular weight is 417 g/mol. The predicted molar refractivity (Wildman–Crippen MR) is 123 cm³/mol. The number of ether oxygens (including phenoxy) is 1. The Bertz CT molecular complexity index is 1180. The topological polar surface area (TPSA) is 42.4 Å². The molecule has 3 aromatic carbocycles. The molecular weight excluding hydrogens is 392 g/mol. The number of benzene rings is 3. The molecule has 0 unspecified atom stereocenters. The van der Waals surface area contributed by atoms with Gasteiger partial charge in [-0.05, 0) is 61.2 Å². The minimum absolute atomic E-state index is 0.0375. The van der Waals surface area contributed by atoms with Crippen LogP contribution in [-0.4, -0.2) is 17.5 Å². The van der Waals surface area contributed by atoms with Crippen molar-refractivity contribution in [2.24, 2.45) is 0 Å². The Morgan fingerprint density at radius 1 is 0.967 bits per heavy atom. The summed E-state index contributed by atoms with van der Waals surface area (Å²) in [6.07, 6.45) is 0. The Hall–Kier alpha value is -3.18. The van der Waals surface area contributed by atoms with Crippen LogP contribution in [-0.2, 0) is 11.3 Å². The van der Waals surface area contributed by atoms with E-state index in [2.05, 4.69) is 26.0 Å². The minimum atomic E-state index is -0.117. The Labute approximate surface area is 180 Å². The minimum Gasteiger partial charge on any atom is -0.484 e. The molecular formula is C25H24N2O2S. The summed E-state index contributed by atoms with van der Waals surface area (Å²) < 4.78 is 6.90. The van der Waals surface area contributed by atoms with Gasteiger partial charge in [-0.1, -0.05) is 59.9 Å². The summed E-state index contributed by atoms with van der Waals surface area (Å²) in [6.45, 7) is 6.57. The molecule has 0 fully saturated rings. The number of carbonyl (C=O) groups is 1. The standard InChI is InChI=1S/C25H24N2O2S/c1-17-8-7-11-21(13-17)29-16-23(28)27(15-20-9-5-4-6-10-20)25-26-22-14-18(2)12-19(3)24(22)30-25/h4-14H,15-16H2,1-3H3. The lowest BCUT2D eigenvalue weighted by Crippen LogP contribution is -2.34. The Morgan fingerprint density at radius 3 is 2.53 bits per heavy atom. The van der Waals surface area contributed by atoms with Gasteiger partial charge in [-0.15, -0.1) is 0 Å². The van der Waals surface area contributed by atoms with Gasteiger partial charge in [0, 0.05) is 0 Å². The fourth-order valence-corrected chi connectivity index (χ4v) is 4.47. The molecule has 0 atom stereocenters. The van der Waals surface area contributed by atoms with E-state index in [-0.39, 0.29) is 12.5 Å². The van der Waals surface area contributed by atoms with E-state index in [4.69, 9.17) is 9.72 Å². The van der Waals surface area contributed by atoms with Gasteiger partial charge in [0.2, 0.25) is 0 Å². The molecule has 0 spiro atoms. The van der Waals surface area contributed by atoms with E-state index in [1.807, 2.05) is 61.5 Å². The van der Waals surface area contributed by atoms with E-state index < -0.39 is 0 Å². The number of hydrogen-bond acceptors (Lipinski definition) is 4. The summed E-state index contributed by atoms with van der Waals surface area (Å²) >= 11 is 1.55. The number of amides is 1. The zero-order valence-electron chi connectivity index (χ0n) is 17.4. The second kappa shape index (κ2) is 8.67. The van der Waals surface area contributed by atoms with Gasteiger partial charge >= 0.3 is 0 Å². The zero-order chi connectivity index (χ0) is 21.1. The first-order valence-corrected chi connectivity index (χ1v) is 10.7. The maximum absolute atomic E-state index is 13.2. The third kappa shape index (κ3) is 4.52. The van der Waals surface area contributed by atoms with E-state index in [9.17, 15) is 4.79 Å². The number of anilines is 1. The van der Waals surface area contributed by atoms with Crippen LogP contribution in [0, 0.1) is 20.8 Å². The highest BCUT2D eigenvalue weighted by molar-refractivity contribution is 7.22. The van der Waals surface area contributed by atoms with Gasteiger partial charge in [0.05, 0.1) is 16.8 Å². The Kier molecular flexibility index (Phi) is 5.81. The molecule has 4 rings (SSSR count). The van der Waals surface area contributed by atoms with Gasteiger partial charge in [0.1, 0.15) is 5.75 Å². The lowest BCUT2D eigenvalue weighted by molar-refractivity contribution is -0.120. The number of aryl methyl sites for hydroxylation is 3. The summed E-state index contributed by atoms with van der Waals surface area (Å²) in [5.74, 6) is 0.576. The van der Waals surface area contributed by atoms with Crippen LogP contribution in [0.2, 0.25) is 0 Å². The van der Waals surface area contributed by atoms with Crippen molar-refractivity contribution in [2.75, 3.05) is 11.5 Å². The smallest absolute Gasteiger partial charge is 0.267 e. The molecule has 0 saturated carbocycles. The van der Waals surface area contributed by atoms with Gasteiger partial charge in [-0.25, -0.2) is 4.98 Å². The molecule has 152 valence electrons. The lowest BCUT2D eigenvalue weighted by Gasteiger charge is -2.20. The highest BCUT2D eigenvalue weighted by Gasteiger charge is 2.21. The van der Waals surface area contributed by atoms with Gasteiger partial charge in [-0.3, -0.25) is 9.69 Å². The van der Waals surface area contributed by atoms with Gasteiger partial charge in [0.25, 0.3) is 5.91 Å². The molecule has 1 heterocycles. The van der Waals surface area contributed by atoms with Crippen LogP contribution in [0.25, 0.3) is 10.2 Å². The van der Waals surface area contributed by atoms with E-state index in [1.54, 1.807) is 16.2 Å². The molecule has 0 radical (unpaired) electrons. The second-order valence-corrected chi connectivity index (χ2v) is 8.47. The normalized spacial score (nSPS) is 10.9. The molecule has 1 aromatic heterocycles. The number of rotatable bonds is 6. The van der Waals surface area contributed by atoms with Crippen molar-refractivity contribution >= 4 is 32.6 Å². The zero-order valence-corrected chi connectivity index (χ0v) is 18.2. The third-order valence-corrected chi connectivity index (χ3v) is 6.11. The average Bonchev–Trinajstić information content (AvgIpc) is 3.15. The highest BCUT2D eigenvalue weighted by Crippen LogP contribution is 2.33. The van der Waals surface area contributed by atoms with Crippen LogP contribution in [0.1, 0.15) is 22.3 Å². The van der Waals surface area contributed by atoms with Crippen LogP contribution < -0.4 is 9.64 Å². The summed E-state index contributed by atoms with van der Waals surface area (Å²) in [6, 6.07) is 21.9. The molecule has 4 aromatic rings. The van der Waals surface area contributed by atoms with E-state index in [0.29, 0.717) is 17.4 Å². The quantitative estimate of drug-likeness (QED) is 0.397. The van der Waals surface area contributed by atoms with Crippen molar-refractivity contribution in [2.45, 2.75) is 27.3 Å². The number of carbonyl (C=O) groups excluding carboxylic acids is 1.